The molecular weight excluding hydrogens is 438 g/mol. The number of amides is 3. The fourth-order valence-corrected chi connectivity index (χ4v) is 4.45. The molecule has 0 bridgehead atoms. The Kier molecular flexibility index (Phi) is 8.95. The van der Waals surface area contributed by atoms with Gasteiger partial charge in [-0.1, -0.05) is 18.2 Å². The maximum absolute atomic E-state index is 13.0. The van der Waals surface area contributed by atoms with E-state index in [1.807, 2.05) is 0 Å². The number of nitrogens with zero attached hydrogens (tertiary/aromatic N) is 2. The summed E-state index contributed by atoms with van der Waals surface area (Å²) in [6.45, 7) is -2.88. The SMILES string of the molecule is N#CCNC(=O)C(CNC(=O)N1CCOCC1)S(=O)(=O)Cc1ccccc1OC(F)F. The number of carbonyl (C=O) groups is 2. The second-order valence-corrected chi connectivity index (χ2v) is 8.63. The highest BCUT2D eigenvalue weighted by Gasteiger charge is 2.34. The largest absolute Gasteiger partial charge is 0.435 e. The normalized spacial score (nSPS) is 15.1. The van der Waals surface area contributed by atoms with Crippen molar-refractivity contribution in [3.8, 4) is 11.8 Å². The summed E-state index contributed by atoms with van der Waals surface area (Å²) < 4.78 is 60.6. The van der Waals surface area contributed by atoms with Gasteiger partial charge in [0, 0.05) is 25.2 Å². The third-order valence-corrected chi connectivity index (χ3v) is 6.31. The number of rotatable bonds is 9. The second-order valence-electron chi connectivity index (χ2n) is 6.44. The molecule has 170 valence electrons. The highest BCUT2D eigenvalue weighted by Crippen LogP contribution is 2.24. The Balaban J connectivity index is 2.18. The first kappa shape index (κ1) is 24.3. The zero-order chi connectivity index (χ0) is 22.9. The van der Waals surface area contributed by atoms with E-state index in [0.717, 1.165) is 0 Å². The predicted octanol–water partition coefficient (Wildman–Crippen LogP) is 0.253. The van der Waals surface area contributed by atoms with Crippen molar-refractivity contribution in [2.24, 2.45) is 0 Å². The molecule has 1 unspecified atom stereocenters. The summed E-state index contributed by atoms with van der Waals surface area (Å²) in [4.78, 5) is 26.1. The molecule has 1 heterocycles. The van der Waals surface area contributed by atoms with Crippen LogP contribution in [0.2, 0.25) is 0 Å². The van der Waals surface area contributed by atoms with Gasteiger partial charge in [-0.15, -0.1) is 0 Å². The van der Waals surface area contributed by atoms with Gasteiger partial charge in [0.15, 0.2) is 15.1 Å². The fraction of sp³-hybridized carbons (Fsp3) is 0.500. The van der Waals surface area contributed by atoms with Crippen molar-refractivity contribution in [1.29, 1.82) is 5.26 Å². The first-order chi connectivity index (χ1) is 14.7. The molecule has 1 aliphatic heterocycles. The molecule has 1 fully saturated rings. The number of benzene rings is 1. The van der Waals surface area contributed by atoms with Gasteiger partial charge in [0.05, 0.1) is 25.0 Å². The summed E-state index contributed by atoms with van der Waals surface area (Å²) in [5.41, 5.74) is -0.0691. The van der Waals surface area contributed by atoms with Crippen molar-refractivity contribution < 1.29 is 36.3 Å². The number of nitrogens with one attached hydrogen (secondary N) is 2. The van der Waals surface area contributed by atoms with Gasteiger partial charge in [0.2, 0.25) is 5.91 Å². The first-order valence-electron chi connectivity index (χ1n) is 9.24. The Morgan fingerprint density at radius 3 is 2.55 bits per heavy atom. The molecule has 0 radical (unpaired) electrons. The van der Waals surface area contributed by atoms with Gasteiger partial charge < -0.3 is 25.0 Å². The van der Waals surface area contributed by atoms with Crippen LogP contribution in [0.3, 0.4) is 0 Å². The molecule has 1 saturated heterocycles. The van der Waals surface area contributed by atoms with Crippen LogP contribution in [0, 0.1) is 11.3 Å². The van der Waals surface area contributed by atoms with E-state index >= 15 is 0 Å². The maximum Gasteiger partial charge on any atom is 0.387 e. The van der Waals surface area contributed by atoms with E-state index in [0.29, 0.717) is 26.3 Å². The third kappa shape index (κ3) is 7.34. The average molecular weight is 460 g/mol. The topological polar surface area (TPSA) is 138 Å². The molecule has 0 aromatic heterocycles. The summed E-state index contributed by atoms with van der Waals surface area (Å²) >= 11 is 0. The number of alkyl halides is 2. The fourth-order valence-electron chi connectivity index (χ4n) is 2.83. The van der Waals surface area contributed by atoms with Crippen LogP contribution in [0.1, 0.15) is 5.56 Å². The van der Waals surface area contributed by atoms with Crippen LogP contribution >= 0.6 is 0 Å². The van der Waals surface area contributed by atoms with Crippen molar-refractivity contribution in [2.75, 3.05) is 39.4 Å². The Labute approximate surface area is 178 Å². The van der Waals surface area contributed by atoms with E-state index in [9.17, 15) is 26.8 Å². The molecule has 1 aromatic carbocycles. The summed E-state index contributed by atoms with van der Waals surface area (Å²) in [7, 11) is -4.29. The molecule has 1 aliphatic rings. The second kappa shape index (κ2) is 11.4. The molecule has 0 aliphatic carbocycles. The van der Waals surface area contributed by atoms with Crippen LogP contribution in [0.4, 0.5) is 13.6 Å². The van der Waals surface area contributed by atoms with E-state index < -0.39 is 52.5 Å². The smallest absolute Gasteiger partial charge is 0.387 e. The van der Waals surface area contributed by atoms with Crippen molar-refractivity contribution in [2.45, 2.75) is 17.6 Å². The summed E-state index contributed by atoms with van der Waals surface area (Å²) in [6, 6.07) is 6.39. The number of nitriles is 1. The van der Waals surface area contributed by atoms with E-state index in [1.54, 1.807) is 6.07 Å². The van der Waals surface area contributed by atoms with Gasteiger partial charge in [0.25, 0.3) is 0 Å². The number of morpholine rings is 1. The predicted molar refractivity (Wildman–Crippen MR) is 104 cm³/mol. The Bertz CT molecular complexity index is 916. The number of ether oxygens (including phenoxy) is 2. The molecule has 0 spiro atoms. The average Bonchev–Trinajstić information content (AvgIpc) is 2.73. The summed E-state index contributed by atoms with van der Waals surface area (Å²) in [5.74, 6) is -2.11. The minimum absolute atomic E-state index is 0.0691. The third-order valence-electron chi connectivity index (χ3n) is 4.35. The molecule has 0 saturated carbocycles. The molecule has 2 rings (SSSR count). The number of carbonyl (C=O) groups excluding carboxylic acids is 2. The van der Waals surface area contributed by atoms with E-state index in [4.69, 9.17) is 10.00 Å². The lowest BCUT2D eigenvalue weighted by molar-refractivity contribution is -0.120. The Morgan fingerprint density at radius 1 is 1.23 bits per heavy atom. The highest BCUT2D eigenvalue weighted by molar-refractivity contribution is 7.92. The molecule has 31 heavy (non-hydrogen) atoms. The van der Waals surface area contributed by atoms with Crippen LogP contribution < -0.4 is 15.4 Å². The Hall–Kier alpha value is -2.98. The van der Waals surface area contributed by atoms with Gasteiger partial charge in [-0.05, 0) is 6.07 Å². The molecule has 2 N–H and O–H groups in total. The molecule has 13 heteroatoms. The van der Waals surface area contributed by atoms with E-state index in [1.165, 1.54) is 29.2 Å². The molecular formula is C18H22F2N4O6S. The van der Waals surface area contributed by atoms with Crippen LogP contribution in [0.25, 0.3) is 0 Å². The van der Waals surface area contributed by atoms with Crippen LogP contribution in [-0.2, 0) is 25.1 Å². The lowest BCUT2D eigenvalue weighted by Crippen LogP contribution is -2.52. The zero-order valence-electron chi connectivity index (χ0n) is 16.4. The van der Waals surface area contributed by atoms with Crippen molar-refractivity contribution in [1.82, 2.24) is 15.5 Å². The van der Waals surface area contributed by atoms with E-state index in [-0.39, 0.29) is 11.3 Å². The lowest BCUT2D eigenvalue weighted by Gasteiger charge is -2.27. The van der Waals surface area contributed by atoms with Gasteiger partial charge >= 0.3 is 12.6 Å². The highest BCUT2D eigenvalue weighted by atomic mass is 32.2. The number of sulfone groups is 1. The van der Waals surface area contributed by atoms with Crippen molar-refractivity contribution in [3.63, 3.8) is 0 Å². The van der Waals surface area contributed by atoms with Crippen molar-refractivity contribution in [3.05, 3.63) is 29.8 Å². The standard InChI is InChI=1S/C18H22F2N4O6S/c19-17(20)30-14-4-2-1-3-13(14)12-31(27,28)15(16(25)22-6-5-21)11-23-18(26)24-7-9-29-10-8-24/h1-4,15,17H,6-12H2,(H,22,25)(H,23,26). The summed E-state index contributed by atoms with van der Waals surface area (Å²) in [6.07, 6.45) is 0. The number of para-hydroxylation sites is 1. The van der Waals surface area contributed by atoms with Crippen LogP contribution in [-0.4, -0.2) is 76.5 Å². The van der Waals surface area contributed by atoms with Crippen LogP contribution in [0.15, 0.2) is 24.3 Å². The van der Waals surface area contributed by atoms with Gasteiger partial charge in [-0.3, -0.25) is 4.79 Å². The molecule has 1 atom stereocenters. The summed E-state index contributed by atoms with van der Waals surface area (Å²) in [5, 5.41) is 11.5. The number of halogens is 2. The van der Waals surface area contributed by atoms with Gasteiger partial charge in [-0.25, -0.2) is 13.2 Å². The number of hydrogen-bond donors (Lipinski definition) is 2. The molecule has 3 amide bonds. The first-order valence-corrected chi connectivity index (χ1v) is 11.0. The molecule has 10 nitrogen and oxygen atoms in total. The minimum Gasteiger partial charge on any atom is -0.435 e. The van der Waals surface area contributed by atoms with Gasteiger partial charge in [0.1, 0.15) is 12.3 Å². The number of urea groups is 1. The van der Waals surface area contributed by atoms with Gasteiger partial charge in [-0.2, -0.15) is 14.0 Å². The lowest BCUT2D eigenvalue weighted by atomic mass is 10.2. The monoisotopic (exact) mass is 460 g/mol. The van der Waals surface area contributed by atoms with Crippen molar-refractivity contribution >= 4 is 21.8 Å². The van der Waals surface area contributed by atoms with E-state index in [2.05, 4.69) is 15.4 Å². The molecule has 1 aromatic rings. The van der Waals surface area contributed by atoms with Crippen LogP contribution in [0.5, 0.6) is 5.75 Å². The minimum atomic E-state index is -4.29. The maximum atomic E-state index is 13.0. The Morgan fingerprint density at radius 2 is 1.90 bits per heavy atom. The zero-order valence-corrected chi connectivity index (χ0v) is 17.2. The quantitative estimate of drug-likeness (QED) is 0.504. The number of hydrogen-bond acceptors (Lipinski definition) is 7.